The summed E-state index contributed by atoms with van der Waals surface area (Å²) in [5, 5.41) is 14.9. The van der Waals surface area contributed by atoms with Gasteiger partial charge in [-0.25, -0.2) is 8.78 Å². The Morgan fingerprint density at radius 2 is 2.05 bits per heavy atom. The average molecular weight is 508 g/mol. The zero-order valence-electron chi connectivity index (χ0n) is 20.0. The molecule has 2 aromatic heterocycles. The van der Waals surface area contributed by atoms with Crippen LogP contribution in [-0.4, -0.2) is 57.8 Å². The van der Waals surface area contributed by atoms with Gasteiger partial charge in [-0.1, -0.05) is 6.07 Å². The molecule has 2 fully saturated rings. The van der Waals surface area contributed by atoms with E-state index in [9.17, 15) is 14.0 Å². The second kappa shape index (κ2) is 8.66. The van der Waals surface area contributed by atoms with Gasteiger partial charge < -0.3 is 20.3 Å². The summed E-state index contributed by atoms with van der Waals surface area (Å²) in [7, 11) is 3.04. The number of nitrogens with one attached hydrogen (secondary N) is 2. The number of hydrogen-bond donors (Lipinski definition) is 2. The molecule has 2 N–H and O–H groups in total. The molecule has 1 amide bonds. The first kappa shape index (κ1) is 23.1. The van der Waals surface area contributed by atoms with E-state index in [1.807, 2.05) is 0 Å². The van der Waals surface area contributed by atoms with Gasteiger partial charge in [-0.2, -0.15) is 14.9 Å². The standard InChI is InChI=1S/C25H23F2N7O3/c1-32-12-16-21(31-32)18(27)9-19(22(16)33-11-13-8-14(33)10-28-13)30-24(35)15-6-7-29-34(25(15)36)23-17(26)4-3-5-20(23)37-2/h3-7,9,12-14,28H,8,10-11H2,1-2H3,(H,30,35)/t13-,14-/m1/s1. The molecule has 0 saturated carbocycles. The highest BCUT2D eigenvalue weighted by molar-refractivity contribution is 6.09. The van der Waals surface area contributed by atoms with Crippen LogP contribution in [0.1, 0.15) is 16.8 Å². The van der Waals surface area contributed by atoms with Gasteiger partial charge in [0.05, 0.1) is 18.5 Å². The fraction of sp³-hybridized carbons (Fsp3) is 0.280. The normalized spacial score (nSPS) is 18.5. The minimum absolute atomic E-state index is 0.0799. The SMILES string of the molecule is COc1cccc(F)c1-n1nccc(C(=O)Nc2cc(F)c3nn(C)cc3c2N2C[C@H]3C[C@@H]2CN3)c1=O. The van der Waals surface area contributed by atoms with Gasteiger partial charge in [0, 0.05) is 56.1 Å². The lowest BCUT2D eigenvalue weighted by molar-refractivity contribution is 0.102. The molecule has 2 aliphatic heterocycles. The molecule has 190 valence electrons. The van der Waals surface area contributed by atoms with Crippen LogP contribution in [0.2, 0.25) is 0 Å². The summed E-state index contributed by atoms with van der Waals surface area (Å²) in [6, 6.07) is 7.02. The predicted molar refractivity (Wildman–Crippen MR) is 133 cm³/mol. The molecule has 0 aliphatic carbocycles. The molecular weight excluding hydrogens is 484 g/mol. The number of aromatic nitrogens is 4. The molecule has 4 heterocycles. The van der Waals surface area contributed by atoms with E-state index in [0.29, 0.717) is 23.7 Å². The second-order valence-corrected chi connectivity index (χ2v) is 9.17. The van der Waals surface area contributed by atoms with Crippen molar-refractivity contribution in [2.24, 2.45) is 7.05 Å². The number of nitrogens with zero attached hydrogens (tertiary/aromatic N) is 5. The molecule has 4 aromatic rings. The Labute approximate surface area is 209 Å². The van der Waals surface area contributed by atoms with Gasteiger partial charge >= 0.3 is 0 Å². The highest BCUT2D eigenvalue weighted by Gasteiger charge is 2.40. The van der Waals surface area contributed by atoms with E-state index in [1.165, 1.54) is 42.3 Å². The molecule has 2 saturated heterocycles. The van der Waals surface area contributed by atoms with Crippen LogP contribution in [0.25, 0.3) is 16.6 Å². The quantitative estimate of drug-likeness (QED) is 0.427. The Hall–Kier alpha value is -4.32. The van der Waals surface area contributed by atoms with Crippen molar-refractivity contribution in [3.63, 3.8) is 0 Å². The summed E-state index contributed by atoms with van der Waals surface area (Å²) >= 11 is 0. The van der Waals surface area contributed by atoms with Crippen molar-refractivity contribution in [2.45, 2.75) is 18.5 Å². The minimum atomic E-state index is -0.850. The number of benzene rings is 2. The van der Waals surface area contributed by atoms with Crippen molar-refractivity contribution in [3.05, 3.63) is 70.3 Å². The number of anilines is 2. The Bertz CT molecular complexity index is 1620. The summed E-state index contributed by atoms with van der Waals surface area (Å²) in [4.78, 5) is 28.8. The van der Waals surface area contributed by atoms with Crippen molar-refractivity contribution in [3.8, 4) is 11.4 Å². The third-order valence-electron chi connectivity index (χ3n) is 6.90. The molecule has 2 aromatic carbocycles. The third kappa shape index (κ3) is 3.71. The summed E-state index contributed by atoms with van der Waals surface area (Å²) in [6.07, 6.45) is 3.87. The molecule has 37 heavy (non-hydrogen) atoms. The fourth-order valence-corrected chi connectivity index (χ4v) is 5.29. The van der Waals surface area contributed by atoms with E-state index >= 15 is 4.39 Å². The fourth-order valence-electron chi connectivity index (χ4n) is 5.29. The van der Waals surface area contributed by atoms with Gasteiger partial charge in [-0.3, -0.25) is 14.3 Å². The monoisotopic (exact) mass is 507 g/mol. The second-order valence-electron chi connectivity index (χ2n) is 9.17. The zero-order chi connectivity index (χ0) is 25.8. The maximum Gasteiger partial charge on any atom is 0.284 e. The first-order chi connectivity index (χ1) is 17.9. The minimum Gasteiger partial charge on any atom is -0.494 e. The number of piperazine rings is 1. The van der Waals surface area contributed by atoms with Gasteiger partial charge in [0.2, 0.25) is 0 Å². The van der Waals surface area contributed by atoms with Gasteiger partial charge in [-0.05, 0) is 24.6 Å². The number of aryl methyl sites for hydroxylation is 1. The predicted octanol–water partition coefficient (Wildman–Crippen LogP) is 2.21. The largest absolute Gasteiger partial charge is 0.494 e. The molecule has 2 atom stereocenters. The van der Waals surface area contributed by atoms with Crippen LogP contribution in [0.5, 0.6) is 5.75 Å². The third-order valence-corrected chi connectivity index (χ3v) is 6.90. The van der Waals surface area contributed by atoms with E-state index in [2.05, 4.69) is 25.7 Å². The number of hydrogen-bond acceptors (Lipinski definition) is 7. The molecule has 0 unspecified atom stereocenters. The zero-order valence-corrected chi connectivity index (χ0v) is 20.0. The summed E-state index contributed by atoms with van der Waals surface area (Å²) < 4.78 is 37.2. The summed E-state index contributed by atoms with van der Waals surface area (Å²) in [5.41, 5.74) is -0.281. The highest BCUT2D eigenvalue weighted by atomic mass is 19.1. The maximum absolute atomic E-state index is 15.1. The smallest absolute Gasteiger partial charge is 0.284 e. The average Bonchev–Trinajstić information content (AvgIpc) is 3.60. The van der Waals surface area contributed by atoms with Gasteiger partial charge in [-0.15, -0.1) is 0 Å². The molecule has 10 nitrogen and oxygen atoms in total. The van der Waals surface area contributed by atoms with Crippen molar-refractivity contribution in [1.82, 2.24) is 24.9 Å². The molecule has 0 spiro atoms. The lowest BCUT2D eigenvalue weighted by Crippen LogP contribution is -2.44. The van der Waals surface area contributed by atoms with Crippen molar-refractivity contribution in [1.29, 1.82) is 0 Å². The maximum atomic E-state index is 15.1. The Morgan fingerprint density at radius 1 is 1.22 bits per heavy atom. The molecule has 6 rings (SSSR count). The Kier molecular flexibility index (Phi) is 5.41. The Balaban J connectivity index is 1.43. The van der Waals surface area contributed by atoms with Crippen molar-refractivity contribution >= 4 is 28.2 Å². The molecular formula is C25H23F2N7O3. The number of rotatable bonds is 5. The van der Waals surface area contributed by atoms with E-state index < -0.39 is 23.1 Å². The molecule has 2 aliphatic rings. The lowest BCUT2D eigenvalue weighted by Gasteiger charge is -2.31. The van der Waals surface area contributed by atoms with E-state index in [4.69, 9.17) is 4.74 Å². The van der Waals surface area contributed by atoms with Crippen LogP contribution >= 0.6 is 0 Å². The van der Waals surface area contributed by atoms with Crippen LogP contribution < -0.4 is 25.8 Å². The molecule has 2 bridgehead atoms. The van der Waals surface area contributed by atoms with Crippen LogP contribution in [0, 0.1) is 11.6 Å². The van der Waals surface area contributed by atoms with Crippen LogP contribution in [0.3, 0.4) is 0 Å². The van der Waals surface area contributed by atoms with Crippen LogP contribution in [0.15, 0.2) is 47.5 Å². The van der Waals surface area contributed by atoms with Gasteiger partial charge in [0.1, 0.15) is 22.5 Å². The number of ether oxygens (including phenoxy) is 1. The number of carbonyl (C=O) groups is 1. The van der Waals surface area contributed by atoms with E-state index in [1.54, 1.807) is 13.2 Å². The summed E-state index contributed by atoms with van der Waals surface area (Å²) in [5.74, 6) is -2.03. The number of methoxy groups -OCH3 is 1. The van der Waals surface area contributed by atoms with E-state index in [-0.39, 0.29) is 34.2 Å². The lowest BCUT2D eigenvalue weighted by atomic mass is 10.1. The first-order valence-electron chi connectivity index (χ1n) is 11.7. The highest BCUT2D eigenvalue weighted by Crippen LogP contribution is 2.41. The van der Waals surface area contributed by atoms with Crippen LogP contribution in [-0.2, 0) is 7.05 Å². The van der Waals surface area contributed by atoms with Crippen molar-refractivity contribution < 1.29 is 18.3 Å². The first-order valence-corrected chi connectivity index (χ1v) is 11.7. The topological polar surface area (TPSA) is 106 Å². The number of halogens is 2. The number of para-hydroxylation sites is 1. The number of fused-ring (bicyclic) bond motifs is 3. The number of amides is 1. The van der Waals surface area contributed by atoms with Crippen molar-refractivity contribution in [2.75, 3.05) is 30.4 Å². The Morgan fingerprint density at radius 3 is 2.78 bits per heavy atom. The molecule has 0 radical (unpaired) electrons. The van der Waals surface area contributed by atoms with Crippen LogP contribution in [0.4, 0.5) is 20.2 Å². The molecule has 12 heteroatoms. The number of carbonyl (C=O) groups excluding carboxylic acids is 1. The van der Waals surface area contributed by atoms with E-state index in [0.717, 1.165) is 23.7 Å². The summed E-state index contributed by atoms with van der Waals surface area (Å²) in [6.45, 7) is 1.47. The van der Waals surface area contributed by atoms with Gasteiger partial charge in [0.25, 0.3) is 11.5 Å². The van der Waals surface area contributed by atoms with Gasteiger partial charge in [0.15, 0.2) is 11.6 Å².